The van der Waals surface area contributed by atoms with E-state index >= 15 is 0 Å². The molecule has 4 heterocycles. The van der Waals surface area contributed by atoms with Crippen molar-refractivity contribution in [3.8, 4) is 17.2 Å². The van der Waals surface area contributed by atoms with Crippen LogP contribution in [0.15, 0.2) is 51.3 Å². The van der Waals surface area contributed by atoms with E-state index in [-0.39, 0.29) is 61.2 Å². The fourth-order valence-corrected chi connectivity index (χ4v) is 9.08. The molecule has 4 aliphatic heterocycles. The van der Waals surface area contributed by atoms with E-state index in [0.29, 0.717) is 32.4 Å². The molecule has 17 heteroatoms. The lowest BCUT2D eigenvalue weighted by atomic mass is 9.78. The highest BCUT2D eigenvalue weighted by Gasteiger charge is 2.49. The van der Waals surface area contributed by atoms with Gasteiger partial charge in [0.2, 0.25) is 5.91 Å². The molecule has 0 saturated carbocycles. The number of likely N-dealkylation sites (tertiary alicyclic amines) is 1. The van der Waals surface area contributed by atoms with Crippen LogP contribution in [-0.4, -0.2) is 110 Å². The molecule has 6 rings (SSSR count). The van der Waals surface area contributed by atoms with Crippen LogP contribution in [0, 0.1) is 30.6 Å². The van der Waals surface area contributed by atoms with Crippen LogP contribution in [0.3, 0.4) is 0 Å². The number of aliphatic hydroxyl groups is 2. The Morgan fingerprint density at radius 1 is 0.984 bits per heavy atom. The maximum Gasteiger partial charge on any atom is 0.302 e. The Hall–Kier alpha value is -5.52. The second-order valence-corrected chi connectivity index (χ2v) is 17.1. The first-order chi connectivity index (χ1) is 29.2. The minimum Gasteiger partial charge on any atom is -0.507 e. The summed E-state index contributed by atoms with van der Waals surface area (Å²) in [5.74, 6) is -6.33. The van der Waals surface area contributed by atoms with Gasteiger partial charge in [-0.1, -0.05) is 58.0 Å². The zero-order valence-electron chi connectivity index (χ0n) is 36.9. The van der Waals surface area contributed by atoms with Gasteiger partial charge in [-0.05, 0) is 19.9 Å². The van der Waals surface area contributed by atoms with Crippen LogP contribution < -0.4 is 20.8 Å². The van der Waals surface area contributed by atoms with Crippen LogP contribution in [-0.2, 0) is 28.6 Å². The lowest BCUT2D eigenvalue weighted by molar-refractivity contribution is -0.160. The number of phenolic OH excluding ortho intramolecular Hbond substituents is 2. The van der Waals surface area contributed by atoms with Gasteiger partial charge in [0.25, 0.3) is 11.7 Å². The Morgan fingerprint density at radius 3 is 2.26 bits per heavy atom. The molecule has 4 aliphatic rings. The van der Waals surface area contributed by atoms with Crippen LogP contribution in [0.1, 0.15) is 85.8 Å². The fourth-order valence-electron chi connectivity index (χ4n) is 9.08. The molecule has 0 unspecified atom stereocenters. The number of carbonyl (C=O) groups is 3. The number of oxime groups is 1. The Bertz CT molecular complexity index is 2390. The smallest absolute Gasteiger partial charge is 0.302 e. The number of piperidine rings is 1. The third-order valence-electron chi connectivity index (χ3n) is 13.0. The molecule has 4 bridgehead atoms. The number of aromatic hydroxyl groups is 2. The van der Waals surface area contributed by atoms with E-state index in [0.717, 1.165) is 0 Å². The number of anilines is 1. The molecule has 336 valence electrons. The van der Waals surface area contributed by atoms with Crippen molar-refractivity contribution < 1.29 is 59.0 Å². The number of phenols is 2. The predicted molar refractivity (Wildman–Crippen MR) is 227 cm³/mol. The van der Waals surface area contributed by atoms with Crippen molar-refractivity contribution in [1.29, 1.82) is 0 Å². The number of methoxy groups -OCH3 is 1. The summed E-state index contributed by atoms with van der Waals surface area (Å²) in [7, 11) is 1.46. The number of ether oxygens (including phenoxy) is 4. The van der Waals surface area contributed by atoms with Gasteiger partial charge in [0.05, 0.1) is 40.9 Å². The molecule has 17 nitrogen and oxygen atoms in total. The summed E-state index contributed by atoms with van der Waals surface area (Å²) in [4.78, 5) is 50.9. The minimum absolute atomic E-state index is 0.0102. The van der Waals surface area contributed by atoms with E-state index in [1.54, 1.807) is 71.6 Å². The molecular formula is C45H59N5O12. The van der Waals surface area contributed by atoms with Crippen molar-refractivity contribution in [2.75, 3.05) is 25.5 Å². The van der Waals surface area contributed by atoms with Gasteiger partial charge in [-0.25, -0.2) is 0 Å². The van der Waals surface area contributed by atoms with E-state index in [2.05, 4.69) is 10.5 Å². The topological polar surface area (TPSA) is 242 Å². The number of benzene rings is 2. The number of allylic oxidation sites excluding steroid dienone is 2. The summed E-state index contributed by atoms with van der Waals surface area (Å²) >= 11 is 0. The van der Waals surface area contributed by atoms with Gasteiger partial charge in [-0.2, -0.15) is 0 Å². The number of aliphatic hydroxyl groups excluding tert-OH is 2. The summed E-state index contributed by atoms with van der Waals surface area (Å²) in [5, 5.41) is 64.5. The average molecular weight is 862 g/mol. The number of nitrogens with zero attached hydrogens (tertiary/aromatic N) is 4. The Balaban J connectivity index is 1.57. The fraction of sp³-hybridized carbons (Fsp3) is 0.556. The van der Waals surface area contributed by atoms with Gasteiger partial charge < -0.3 is 54.8 Å². The van der Waals surface area contributed by atoms with E-state index in [9.17, 15) is 40.0 Å². The first-order valence-electron chi connectivity index (χ1n) is 21.0. The third kappa shape index (κ3) is 8.13. The highest BCUT2D eigenvalue weighted by Crippen LogP contribution is 2.50. The Kier molecular flexibility index (Phi) is 13.1. The zero-order valence-corrected chi connectivity index (χ0v) is 36.9. The van der Waals surface area contributed by atoms with Crippen molar-refractivity contribution >= 4 is 40.0 Å². The molecule has 2 aromatic carbocycles. The lowest BCUT2D eigenvalue weighted by Crippen LogP contribution is -2.46. The molecule has 9 atom stereocenters. The van der Waals surface area contributed by atoms with Crippen molar-refractivity contribution in [2.24, 2.45) is 38.8 Å². The monoisotopic (exact) mass is 861 g/mol. The molecular weight excluding hydrogens is 803 g/mol. The molecule has 1 saturated heterocycles. The normalized spacial score (nSPS) is 32.5. The quantitative estimate of drug-likeness (QED) is 0.111. The summed E-state index contributed by atoms with van der Waals surface area (Å²) in [5.41, 5.74) is -0.823. The summed E-state index contributed by atoms with van der Waals surface area (Å²) in [6.45, 7) is 15.4. The Morgan fingerprint density at radius 2 is 1.65 bits per heavy atom. The summed E-state index contributed by atoms with van der Waals surface area (Å²) in [6, 6.07) is 0. The third-order valence-corrected chi connectivity index (χ3v) is 13.0. The maximum atomic E-state index is 13.9. The van der Waals surface area contributed by atoms with Crippen LogP contribution in [0.2, 0.25) is 0 Å². The van der Waals surface area contributed by atoms with E-state index in [1.165, 1.54) is 33.3 Å². The summed E-state index contributed by atoms with van der Waals surface area (Å²) < 4.78 is 24.2. The number of rotatable bonds is 3. The minimum atomic E-state index is -1.85. The number of hydrogen-bond acceptors (Lipinski definition) is 15. The molecule has 6 N–H and O–H groups in total. The number of hydrogen-bond donors (Lipinski definition) is 6. The van der Waals surface area contributed by atoms with Gasteiger partial charge in [0.15, 0.2) is 17.1 Å². The first kappa shape index (κ1) is 46.0. The highest BCUT2D eigenvalue weighted by atomic mass is 16.7. The molecule has 62 heavy (non-hydrogen) atoms. The Labute approximate surface area is 360 Å². The lowest BCUT2D eigenvalue weighted by Gasteiger charge is -2.38. The van der Waals surface area contributed by atoms with Crippen molar-refractivity contribution in [3.63, 3.8) is 0 Å². The van der Waals surface area contributed by atoms with Gasteiger partial charge in [0.1, 0.15) is 28.6 Å². The van der Waals surface area contributed by atoms with Crippen LogP contribution in [0.25, 0.3) is 10.8 Å². The summed E-state index contributed by atoms with van der Waals surface area (Å²) in [6.07, 6.45) is 4.84. The van der Waals surface area contributed by atoms with Crippen LogP contribution in [0.5, 0.6) is 17.2 Å². The highest BCUT2D eigenvalue weighted by molar-refractivity contribution is 6.21. The second-order valence-electron chi connectivity index (χ2n) is 17.1. The second kappa shape index (κ2) is 17.7. The first-order valence-corrected chi connectivity index (χ1v) is 21.0. The number of esters is 1. The van der Waals surface area contributed by atoms with Crippen LogP contribution in [0.4, 0.5) is 5.69 Å². The molecule has 1 spiro atoms. The molecule has 2 aromatic rings. The van der Waals surface area contributed by atoms with Gasteiger partial charge >= 0.3 is 5.97 Å². The standard InChI is InChI=1S/C45H59N5O12/c1-11-29(52)50-18-16-45(17-19-50)47-33-30-31-38(55)26(7)41-32(30)42(49-58)44(9,62-41)60-20-15-28(59-10)23(4)40(61-27(8)51)25(6)37(54)24(5)36(53)21(2)13-12-14-22(3)43(57)46-35(39(31)56)34(33)48-45/h12-15,20-21,23-25,28,36-37,40,53-56,58H,11,16-19H2,1-10H3,(H,46,57)/b13-12+,20-15+,22-14-,49-42-/t21-,23+,24+,25+,28-,36-,37+,40+,44-/m0/s1. The molecule has 1 fully saturated rings. The van der Waals surface area contributed by atoms with Gasteiger partial charge in [-0.3, -0.25) is 24.4 Å². The van der Waals surface area contributed by atoms with Gasteiger partial charge in [-0.15, -0.1) is 0 Å². The van der Waals surface area contributed by atoms with E-state index < -0.39 is 82.9 Å². The van der Waals surface area contributed by atoms with Gasteiger partial charge in [0, 0.05) is 93.5 Å². The number of carbonyl (C=O) groups excluding carboxylic acids is 3. The number of amides is 2. The number of nitrogens with one attached hydrogen (secondary N) is 1. The van der Waals surface area contributed by atoms with Crippen LogP contribution >= 0.6 is 0 Å². The number of fused-ring (bicyclic) bond motifs is 1. The molecule has 0 aromatic heterocycles. The molecule has 2 amide bonds. The van der Waals surface area contributed by atoms with Crippen molar-refractivity contribution in [1.82, 2.24) is 4.90 Å². The zero-order chi connectivity index (χ0) is 45.6. The largest absolute Gasteiger partial charge is 0.507 e. The molecule has 0 radical (unpaired) electrons. The average Bonchev–Trinajstić information content (AvgIpc) is 3.76. The van der Waals surface area contributed by atoms with Crippen molar-refractivity contribution in [2.45, 2.75) is 117 Å². The van der Waals surface area contributed by atoms with Crippen molar-refractivity contribution in [3.05, 3.63) is 58.0 Å². The molecule has 0 aliphatic carbocycles. The van der Waals surface area contributed by atoms with E-state index in [4.69, 9.17) is 28.9 Å². The SMILES string of the molecule is CCC(=O)N1CCC2(CC1)N=c1c3c(O)c4c(O)c(C)c5c(c4c1=N2)/C(=N/O)[C@@](C)(O/C=C/[C@H](OC)[C@@H](C)[C@@H](OC(C)=O)[C@H](C)[C@H](O)[C@H](C)[C@@H](O)[C@@H](C)/C=C/C=C(/C)C(=O)N3)O5. The maximum absolute atomic E-state index is 13.9. The van der Waals surface area contributed by atoms with E-state index in [1.807, 2.05) is 0 Å². The predicted octanol–water partition coefficient (Wildman–Crippen LogP) is 4.03.